The molecule has 0 radical (unpaired) electrons. The van der Waals surface area contributed by atoms with Gasteiger partial charge in [-0.3, -0.25) is 4.79 Å². The SMILES string of the molecule is COC(CNC(=O)c1ccc(C(=O)O)o1)C(C)(C)C. The second kappa shape index (κ2) is 5.88. The molecule has 0 aliphatic carbocycles. The molecule has 0 saturated heterocycles. The van der Waals surface area contributed by atoms with Gasteiger partial charge in [-0.2, -0.15) is 0 Å². The molecule has 6 nitrogen and oxygen atoms in total. The number of hydrogen-bond acceptors (Lipinski definition) is 4. The zero-order chi connectivity index (χ0) is 14.6. The van der Waals surface area contributed by atoms with Gasteiger partial charge >= 0.3 is 5.97 Å². The zero-order valence-electron chi connectivity index (χ0n) is 11.5. The maximum absolute atomic E-state index is 11.8. The predicted octanol–water partition coefficient (Wildman–Crippen LogP) is 1.77. The predicted molar refractivity (Wildman–Crippen MR) is 68.3 cm³/mol. The van der Waals surface area contributed by atoms with Crippen LogP contribution in [0.3, 0.4) is 0 Å². The van der Waals surface area contributed by atoms with E-state index >= 15 is 0 Å². The van der Waals surface area contributed by atoms with Crippen LogP contribution >= 0.6 is 0 Å². The molecule has 1 amide bonds. The van der Waals surface area contributed by atoms with E-state index in [4.69, 9.17) is 14.3 Å². The summed E-state index contributed by atoms with van der Waals surface area (Å²) in [5.74, 6) is -1.95. The first kappa shape index (κ1) is 15.2. The van der Waals surface area contributed by atoms with Gasteiger partial charge in [0.15, 0.2) is 5.76 Å². The highest BCUT2D eigenvalue weighted by Crippen LogP contribution is 2.21. The molecule has 106 valence electrons. The molecule has 1 aromatic heterocycles. The van der Waals surface area contributed by atoms with E-state index in [2.05, 4.69) is 5.32 Å². The Balaban J connectivity index is 2.62. The fourth-order valence-corrected chi connectivity index (χ4v) is 1.59. The Morgan fingerprint density at radius 1 is 1.37 bits per heavy atom. The van der Waals surface area contributed by atoms with Gasteiger partial charge < -0.3 is 19.6 Å². The summed E-state index contributed by atoms with van der Waals surface area (Å²) < 4.78 is 10.2. The van der Waals surface area contributed by atoms with E-state index in [9.17, 15) is 9.59 Å². The molecule has 0 aromatic carbocycles. The van der Waals surface area contributed by atoms with Gasteiger partial charge in [-0.05, 0) is 17.5 Å². The number of carbonyl (C=O) groups is 2. The Hall–Kier alpha value is -1.82. The first-order valence-corrected chi connectivity index (χ1v) is 5.90. The number of hydrogen-bond donors (Lipinski definition) is 2. The molecule has 0 bridgehead atoms. The van der Waals surface area contributed by atoms with Crippen molar-refractivity contribution in [3.05, 3.63) is 23.7 Å². The highest BCUT2D eigenvalue weighted by Gasteiger charge is 2.25. The van der Waals surface area contributed by atoms with Crippen molar-refractivity contribution in [2.75, 3.05) is 13.7 Å². The van der Waals surface area contributed by atoms with Crippen molar-refractivity contribution in [2.45, 2.75) is 26.9 Å². The number of rotatable bonds is 5. The van der Waals surface area contributed by atoms with Gasteiger partial charge in [0, 0.05) is 13.7 Å². The van der Waals surface area contributed by atoms with E-state index in [0.29, 0.717) is 6.54 Å². The first-order valence-electron chi connectivity index (χ1n) is 5.90. The highest BCUT2D eigenvalue weighted by molar-refractivity contribution is 5.93. The molecular formula is C13H19NO5. The van der Waals surface area contributed by atoms with Crippen molar-refractivity contribution in [3.63, 3.8) is 0 Å². The largest absolute Gasteiger partial charge is 0.475 e. The fourth-order valence-electron chi connectivity index (χ4n) is 1.59. The van der Waals surface area contributed by atoms with E-state index in [1.165, 1.54) is 12.1 Å². The van der Waals surface area contributed by atoms with Gasteiger partial charge in [-0.15, -0.1) is 0 Å². The van der Waals surface area contributed by atoms with Gasteiger partial charge in [0.2, 0.25) is 5.76 Å². The molecular weight excluding hydrogens is 250 g/mol. The van der Waals surface area contributed by atoms with Crippen molar-refractivity contribution in [1.29, 1.82) is 0 Å². The Labute approximate surface area is 111 Å². The lowest BCUT2D eigenvalue weighted by Crippen LogP contribution is -2.40. The van der Waals surface area contributed by atoms with Gasteiger partial charge in [0.1, 0.15) is 0 Å². The topological polar surface area (TPSA) is 88.8 Å². The highest BCUT2D eigenvalue weighted by atomic mass is 16.5. The van der Waals surface area contributed by atoms with Crippen molar-refractivity contribution in [2.24, 2.45) is 5.41 Å². The summed E-state index contributed by atoms with van der Waals surface area (Å²) in [5, 5.41) is 11.4. The molecule has 2 N–H and O–H groups in total. The fraction of sp³-hybridized carbons (Fsp3) is 0.538. The third-order valence-electron chi connectivity index (χ3n) is 2.74. The number of furan rings is 1. The van der Waals surface area contributed by atoms with Gasteiger partial charge in [0.25, 0.3) is 5.91 Å². The van der Waals surface area contributed by atoms with E-state index in [0.717, 1.165) is 0 Å². The molecule has 1 heterocycles. The minimum Gasteiger partial charge on any atom is -0.475 e. The van der Waals surface area contributed by atoms with Crippen LogP contribution in [0, 0.1) is 5.41 Å². The summed E-state index contributed by atoms with van der Waals surface area (Å²) in [6.45, 7) is 6.33. The number of carboxylic acid groups (broad SMARTS) is 1. The molecule has 0 fully saturated rings. The summed E-state index contributed by atoms with van der Waals surface area (Å²) in [6.07, 6.45) is -0.148. The molecule has 1 atom stereocenters. The number of ether oxygens (including phenoxy) is 1. The second-order valence-electron chi connectivity index (χ2n) is 5.27. The van der Waals surface area contributed by atoms with Crippen LogP contribution < -0.4 is 5.32 Å². The average molecular weight is 269 g/mol. The number of methoxy groups -OCH3 is 1. The number of amides is 1. The summed E-state index contributed by atoms with van der Waals surface area (Å²) >= 11 is 0. The maximum atomic E-state index is 11.8. The first-order chi connectivity index (χ1) is 8.75. The Kier molecular flexibility index (Phi) is 4.72. The van der Waals surface area contributed by atoms with Crippen LogP contribution in [0.1, 0.15) is 41.9 Å². The number of carbonyl (C=O) groups excluding carboxylic acids is 1. The van der Waals surface area contributed by atoms with Crippen molar-refractivity contribution >= 4 is 11.9 Å². The van der Waals surface area contributed by atoms with Crippen LogP contribution in [0.4, 0.5) is 0 Å². The van der Waals surface area contributed by atoms with Crippen molar-refractivity contribution in [3.8, 4) is 0 Å². The molecule has 1 aromatic rings. The molecule has 1 rings (SSSR count). The van der Waals surface area contributed by atoms with E-state index in [1.54, 1.807) is 7.11 Å². The van der Waals surface area contributed by atoms with Gasteiger partial charge in [0.05, 0.1) is 6.10 Å². The van der Waals surface area contributed by atoms with E-state index in [-0.39, 0.29) is 23.0 Å². The van der Waals surface area contributed by atoms with Crippen LogP contribution in [-0.4, -0.2) is 36.7 Å². The summed E-state index contributed by atoms with van der Waals surface area (Å²) in [5.41, 5.74) is -0.114. The van der Waals surface area contributed by atoms with Crippen molar-refractivity contribution < 1.29 is 23.8 Å². The van der Waals surface area contributed by atoms with Gasteiger partial charge in [-0.1, -0.05) is 20.8 Å². The smallest absolute Gasteiger partial charge is 0.371 e. The third kappa shape index (κ3) is 4.10. The van der Waals surface area contributed by atoms with Crippen LogP contribution in [0.15, 0.2) is 16.5 Å². The zero-order valence-corrected chi connectivity index (χ0v) is 11.5. The minimum atomic E-state index is -1.21. The summed E-state index contributed by atoms with van der Waals surface area (Å²) in [4.78, 5) is 22.4. The standard InChI is InChI=1S/C13H19NO5/c1-13(2,3)10(18-4)7-14-11(15)8-5-6-9(19-8)12(16)17/h5-6,10H,7H2,1-4H3,(H,14,15)(H,16,17). The Morgan fingerprint density at radius 3 is 2.37 bits per heavy atom. The monoisotopic (exact) mass is 269 g/mol. The number of carboxylic acids is 1. The second-order valence-corrected chi connectivity index (χ2v) is 5.27. The third-order valence-corrected chi connectivity index (χ3v) is 2.74. The van der Waals surface area contributed by atoms with Crippen LogP contribution in [0.5, 0.6) is 0 Å². The molecule has 19 heavy (non-hydrogen) atoms. The van der Waals surface area contributed by atoms with Crippen LogP contribution in [-0.2, 0) is 4.74 Å². The summed E-state index contributed by atoms with van der Waals surface area (Å²) in [7, 11) is 1.58. The number of nitrogens with one attached hydrogen (secondary N) is 1. The lowest BCUT2D eigenvalue weighted by molar-refractivity contribution is 0.0173. The molecule has 0 aliphatic heterocycles. The normalized spacial score (nSPS) is 13.1. The lowest BCUT2D eigenvalue weighted by atomic mass is 9.89. The van der Waals surface area contributed by atoms with Crippen molar-refractivity contribution in [1.82, 2.24) is 5.32 Å². The Bertz CT molecular complexity index is 458. The van der Waals surface area contributed by atoms with Gasteiger partial charge in [-0.25, -0.2) is 4.79 Å². The maximum Gasteiger partial charge on any atom is 0.371 e. The quantitative estimate of drug-likeness (QED) is 0.850. The van der Waals surface area contributed by atoms with Crippen LogP contribution in [0.2, 0.25) is 0 Å². The molecule has 0 spiro atoms. The molecule has 1 unspecified atom stereocenters. The molecule has 6 heteroatoms. The minimum absolute atomic E-state index is 0.0267. The lowest BCUT2D eigenvalue weighted by Gasteiger charge is -2.29. The number of aromatic carboxylic acids is 1. The molecule has 0 saturated carbocycles. The Morgan fingerprint density at radius 2 is 1.95 bits per heavy atom. The van der Waals surface area contributed by atoms with E-state index < -0.39 is 11.9 Å². The average Bonchev–Trinajstić information content (AvgIpc) is 2.77. The molecule has 0 aliphatic rings. The van der Waals surface area contributed by atoms with E-state index in [1.807, 2.05) is 20.8 Å². The van der Waals surface area contributed by atoms with Crippen LogP contribution in [0.25, 0.3) is 0 Å². The summed E-state index contributed by atoms with van der Waals surface area (Å²) in [6, 6.07) is 2.58.